The van der Waals surface area contributed by atoms with E-state index in [2.05, 4.69) is 209 Å². The Balaban J connectivity index is 1.15. The van der Waals surface area contributed by atoms with Crippen LogP contribution < -0.4 is 4.90 Å². The third-order valence-corrected chi connectivity index (χ3v) is 12.7. The number of benzene rings is 10. The Morgan fingerprint density at radius 1 is 0.446 bits per heavy atom. The molecule has 0 spiro atoms. The van der Waals surface area contributed by atoms with Gasteiger partial charge in [-0.15, -0.1) is 0 Å². The first-order valence-electron chi connectivity index (χ1n) is 19.9. The van der Waals surface area contributed by atoms with Crippen LogP contribution in [0.2, 0.25) is 0 Å². The highest BCUT2D eigenvalue weighted by Crippen LogP contribution is 2.57. The molecule has 10 aromatic rings. The van der Waals surface area contributed by atoms with E-state index in [9.17, 15) is 0 Å². The molecule has 0 atom stereocenters. The maximum Gasteiger partial charge on any atom is 0.0540 e. The van der Waals surface area contributed by atoms with E-state index in [4.69, 9.17) is 0 Å². The number of fused-ring (bicyclic) bond motifs is 7. The molecule has 56 heavy (non-hydrogen) atoms. The standard InChI is InChI=1S/C55H43N/c1-54(2,3)39-26-23-36(24-27-39)47-32-38-17-10-20-45-50(38)51-43(47)19-12-21-46(51)53-52(45)44-30-29-41(33-48(44)55(53,4)5)56(40-28-25-34-13-6-7-15-37(34)31-40)49-22-11-16-35-14-8-9-18-42(35)49/h6-33H,1-5H3. The molecule has 0 aliphatic heterocycles. The molecule has 0 fully saturated rings. The Hall–Kier alpha value is -6.44. The van der Waals surface area contributed by atoms with Crippen LogP contribution in [0, 0.1) is 0 Å². The van der Waals surface area contributed by atoms with Gasteiger partial charge < -0.3 is 4.90 Å². The normalized spacial score (nSPS) is 13.6. The van der Waals surface area contributed by atoms with E-state index in [1.165, 1.54) is 104 Å². The van der Waals surface area contributed by atoms with Gasteiger partial charge in [0, 0.05) is 22.2 Å². The molecule has 1 heteroatoms. The van der Waals surface area contributed by atoms with Crippen LogP contribution in [0.5, 0.6) is 0 Å². The molecule has 11 rings (SSSR count). The summed E-state index contributed by atoms with van der Waals surface area (Å²) in [5.74, 6) is 0. The molecule has 0 unspecified atom stereocenters. The Bertz CT molecular complexity index is 3190. The predicted molar refractivity (Wildman–Crippen MR) is 242 cm³/mol. The van der Waals surface area contributed by atoms with Crippen LogP contribution in [-0.2, 0) is 10.8 Å². The molecule has 0 bridgehead atoms. The SMILES string of the molecule is CC(C)(C)c1ccc(-c2cc3cccc4c5c(c6cccc2c6c34)C(C)(C)c2cc(N(c3ccc4ccccc4c3)c3cccc4ccccc34)ccc2-5)cc1. The zero-order chi connectivity index (χ0) is 37.9. The zero-order valence-electron chi connectivity index (χ0n) is 32.6. The van der Waals surface area contributed by atoms with Crippen LogP contribution in [0.1, 0.15) is 51.3 Å². The van der Waals surface area contributed by atoms with E-state index in [0.29, 0.717) is 0 Å². The van der Waals surface area contributed by atoms with Crippen molar-refractivity contribution in [3.8, 4) is 22.3 Å². The second-order valence-corrected chi connectivity index (χ2v) is 17.4. The molecule has 10 aromatic carbocycles. The van der Waals surface area contributed by atoms with Gasteiger partial charge in [-0.3, -0.25) is 0 Å². The van der Waals surface area contributed by atoms with Gasteiger partial charge in [0.2, 0.25) is 0 Å². The van der Waals surface area contributed by atoms with Crippen LogP contribution in [0.3, 0.4) is 0 Å². The third-order valence-electron chi connectivity index (χ3n) is 12.7. The van der Waals surface area contributed by atoms with Crippen molar-refractivity contribution in [3.05, 3.63) is 187 Å². The lowest BCUT2D eigenvalue weighted by atomic mass is 9.77. The molecule has 0 saturated carbocycles. The third kappa shape index (κ3) is 4.74. The molecule has 0 saturated heterocycles. The molecule has 0 heterocycles. The first kappa shape index (κ1) is 32.9. The van der Waals surface area contributed by atoms with Gasteiger partial charge in [-0.25, -0.2) is 0 Å². The Morgan fingerprint density at radius 2 is 1.07 bits per heavy atom. The van der Waals surface area contributed by atoms with E-state index in [1.54, 1.807) is 0 Å². The second kappa shape index (κ2) is 11.8. The lowest BCUT2D eigenvalue weighted by Gasteiger charge is -2.29. The second-order valence-electron chi connectivity index (χ2n) is 17.4. The first-order chi connectivity index (χ1) is 27.2. The van der Waals surface area contributed by atoms with Crippen molar-refractivity contribution in [1.82, 2.24) is 0 Å². The largest absolute Gasteiger partial charge is 0.310 e. The minimum atomic E-state index is -0.243. The molecule has 1 aliphatic rings. The zero-order valence-corrected chi connectivity index (χ0v) is 32.6. The fourth-order valence-electron chi connectivity index (χ4n) is 9.94. The molecule has 268 valence electrons. The van der Waals surface area contributed by atoms with E-state index < -0.39 is 0 Å². The maximum absolute atomic E-state index is 2.48. The number of hydrogen-bond donors (Lipinski definition) is 0. The van der Waals surface area contributed by atoms with E-state index in [1.807, 2.05) is 0 Å². The van der Waals surface area contributed by atoms with Crippen LogP contribution in [0.25, 0.3) is 76.1 Å². The predicted octanol–water partition coefficient (Wildman–Crippen LogP) is 15.6. The topological polar surface area (TPSA) is 3.24 Å². The van der Waals surface area contributed by atoms with Crippen LogP contribution in [0.4, 0.5) is 17.1 Å². The van der Waals surface area contributed by atoms with Crippen molar-refractivity contribution in [1.29, 1.82) is 0 Å². The lowest BCUT2D eigenvalue weighted by Crippen LogP contribution is -2.17. The number of rotatable bonds is 4. The summed E-state index contributed by atoms with van der Waals surface area (Å²) >= 11 is 0. The Morgan fingerprint density at radius 3 is 1.89 bits per heavy atom. The summed E-state index contributed by atoms with van der Waals surface area (Å²) < 4.78 is 0. The van der Waals surface area contributed by atoms with Crippen LogP contribution in [0.15, 0.2) is 170 Å². The number of nitrogens with zero attached hydrogens (tertiary/aromatic N) is 1. The van der Waals surface area contributed by atoms with Gasteiger partial charge in [0.25, 0.3) is 0 Å². The van der Waals surface area contributed by atoms with Crippen LogP contribution >= 0.6 is 0 Å². The molecule has 1 nitrogen and oxygen atoms in total. The van der Waals surface area contributed by atoms with Gasteiger partial charge in [0.05, 0.1) is 5.69 Å². The van der Waals surface area contributed by atoms with Crippen LogP contribution in [-0.4, -0.2) is 0 Å². The number of anilines is 3. The average molecular weight is 718 g/mol. The van der Waals surface area contributed by atoms with Gasteiger partial charge >= 0.3 is 0 Å². The summed E-state index contributed by atoms with van der Waals surface area (Å²) in [6.45, 7) is 11.7. The summed E-state index contributed by atoms with van der Waals surface area (Å²) in [5, 5.41) is 13.0. The summed E-state index contributed by atoms with van der Waals surface area (Å²) in [5.41, 5.74) is 12.8. The molecular formula is C55H43N. The summed E-state index contributed by atoms with van der Waals surface area (Å²) in [6.07, 6.45) is 0. The average Bonchev–Trinajstić information content (AvgIpc) is 3.46. The maximum atomic E-state index is 2.48. The molecular weight excluding hydrogens is 675 g/mol. The van der Waals surface area contributed by atoms with Gasteiger partial charge in [-0.2, -0.15) is 0 Å². The smallest absolute Gasteiger partial charge is 0.0540 e. The summed E-state index contributed by atoms with van der Waals surface area (Å²) in [4.78, 5) is 2.47. The van der Waals surface area contributed by atoms with Crippen molar-refractivity contribution >= 4 is 70.9 Å². The molecule has 0 radical (unpaired) electrons. The van der Waals surface area contributed by atoms with Crippen molar-refractivity contribution < 1.29 is 0 Å². The first-order valence-corrected chi connectivity index (χ1v) is 19.9. The van der Waals surface area contributed by atoms with E-state index >= 15 is 0 Å². The highest BCUT2D eigenvalue weighted by molar-refractivity contribution is 6.31. The molecule has 0 amide bonds. The number of hydrogen-bond acceptors (Lipinski definition) is 1. The van der Waals surface area contributed by atoms with Crippen molar-refractivity contribution in [2.24, 2.45) is 0 Å². The Labute approximate surface area is 328 Å². The van der Waals surface area contributed by atoms with Gasteiger partial charge in [-0.05, 0) is 129 Å². The highest BCUT2D eigenvalue weighted by Gasteiger charge is 2.39. The summed E-state index contributed by atoms with van der Waals surface area (Å²) in [6, 6.07) is 63.8. The quantitative estimate of drug-likeness (QED) is 0.164. The minimum absolute atomic E-state index is 0.111. The fraction of sp³-hybridized carbons (Fsp3) is 0.127. The molecule has 0 N–H and O–H groups in total. The minimum Gasteiger partial charge on any atom is -0.310 e. The van der Waals surface area contributed by atoms with Crippen molar-refractivity contribution in [2.45, 2.75) is 45.4 Å². The molecule has 0 aromatic heterocycles. The fourth-order valence-corrected chi connectivity index (χ4v) is 9.94. The molecule has 1 aliphatic carbocycles. The van der Waals surface area contributed by atoms with Crippen molar-refractivity contribution in [3.63, 3.8) is 0 Å². The van der Waals surface area contributed by atoms with E-state index in [0.717, 1.165) is 5.69 Å². The van der Waals surface area contributed by atoms with Gasteiger partial charge in [-0.1, -0.05) is 168 Å². The lowest BCUT2D eigenvalue weighted by molar-refractivity contribution is 0.590. The van der Waals surface area contributed by atoms with Crippen molar-refractivity contribution in [2.75, 3.05) is 4.90 Å². The Kier molecular flexibility index (Phi) is 6.93. The van der Waals surface area contributed by atoms with Gasteiger partial charge in [0.15, 0.2) is 0 Å². The van der Waals surface area contributed by atoms with E-state index in [-0.39, 0.29) is 10.8 Å². The highest BCUT2D eigenvalue weighted by atomic mass is 15.1. The monoisotopic (exact) mass is 717 g/mol. The summed E-state index contributed by atoms with van der Waals surface area (Å²) in [7, 11) is 0. The van der Waals surface area contributed by atoms with Gasteiger partial charge in [0.1, 0.15) is 0 Å².